The zero-order valence-electron chi connectivity index (χ0n) is 9.68. The molecule has 1 aromatic rings. The Morgan fingerprint density at radius 1 is 1.32 bits per heavy atom. The normalized spacial score (nSPS) is 13.8. The lowest BCUT2D eigenvalue weighted by Crippen LogP contribution is -2.22. The Labute approximate surface area is 113 Å². The average Bonchev–Trinajstić information content (AvgIpc) is 2.39. The zero-order chi connectivity index (χ0) is 13.8. The Hall–Kier alpha value is -2.21. The maximum absolute atomic E-state index is 11.8. The fourth-order valence-corrected chi connectivity index (χ4v) is 1.77. The highest BCUT2D eigenvalue weighted by Gasteiger charge is 2.20. The van der Waals surface area contributed by atoms with Gasteiger partial charge in [-0.1, -0.05) is 17.7 Å². The number of hydrogen-bond acceptors (Lipinski definition) is 4. The van der Waals surface area contributed by atoms with Crippen LogP contribution in [0.25, 0.3) is 0 Å². The van der Waals surface area contributed by atoms with Gasteiger partial charge in [-0.25, -0.2) is 4.79 Å². The number of benzene rings is 1. The first-order chi connectivity index (χ1) is 9.09. The molecule has 2 N–H and O–H groups in total. The Kier molecular flexibility index (Phi) is 3.91. The van der Waals surface area contributed by atoms with E-state index in [0.29, 0.717) is 6.61 Å². The summed E-state index contributed by atoms with van der Waals surface area (Å²) in [5.74, 6) is -1.83. The molecule has 100 valence electrons. The van der Waals surface area contributed by atoms with Gasteiger partial charge in [0.25, 0.3) is 5.91 Å². The lowest BCUT2D eigenvalue weighted by Gasteiger charge is -2.16. The number of halogens is 1. The van der Waals surface area contributed by atoms with Crippen LogP contribution in [0.3, 0.4) is 0 Å². The minimum Gasteiger partial charge on any atom is -0.494 e. The van der Waals surface area contributed by atoms with Crippen LogP contribution in [0.5, 0.6) is 0 Å². The summed E-state index contributed by atoms with van der Waals surface area (Å²) in [6.07, 6.45) is 1.18. The standard InChI is InChI=1S/C12H10ClNO5/c13-7-2-1-3-8(10(7)12(16)17)14-11(15)9-6-18-4-5-19-9/h1-3,6H,4-5H2,(H,14,15)(H,16,17). The number of rotatable bonds is 3. The number of carbonyl (C=O) groups is 2. The van der Waals surface area contributed by atoms with Crippen molar-refractivity contribution in [1.29, 1.82) is 0 Å². The summed E-state index contributed by atoms with van der Waals surface area (Å²) in [4.78, 5) is 22.9. The van der Waals surface area contributed by atoms with E-state index in [-0.39, 0.29) is 28.6 Å². The molecule has 19 heavy (non-hydrogen) atoms. The highest BCUT2D eigenvalue weighted by molar-refractivity contribution is 6.34. The van der Waals surface area contributed by atoms with Gasteiger partial charge < -0.3 is 19.9 Å². The third-order valence-electron chi connectivity index (χ3n) is 2.35. The number of amides is 1. The number of carbonyl (C=O) groups excluding carboxylic acids is 1. The molecule has 0 unspecified atom stereocenters. The van der Waals surface area contributed by atoms with Gasteiger partial charge in [-0.15, -0.1) is 0 Å². The third-order valence-corrected chi connectivity index (χ3v) is 2.66. The monoisotopic (exact) mass is 283 g/mol. The van der Waals surface area contributed by atoms with Gasteiger partial charge in [0.2, 0.25) is 5.76 Å². The molecule has 0 fully saturated rings. The number of anilines is 1. The molecule has 0 aromatic heterocycles. The molecule has 0 radical (unpaired) electrons. The number of nitrogens with one attached hydrogen (secondary N) is 1. The van der Waals surface area contributed by atoms with E-state index in [0.717, 1.165) is 0 Å². The maximum atomic E-state index is 11.8. The van der Waals surface area contributed by atoms with Crippen molar-refractivity contribution < 1.29 is 24.2 Å². The lowest BCUT2D eigenvalue weighted by molar-refractivity contribution is -0.117. The molecule has 1 aliphatic heterocycles. The molecular weight excluding hydrogens is 274 g/mol. The number of aromatic carboxylic acids is 1. The van der Waals surface area contributed by atoms with Gasteiger partial charge in [0.15, 0.2) is 0 Å². The molecule has 1 aliphatic rings. The van der Waals surface area contributed by atoms with Crippen LogP contribution in [0, 0.1) is 0 Å². The van der Waals surface area contributed by atoms with Crippen molar-refractivity contribution in [2.45, 2.75) is 0 Å². The fourth-order valence-electron chi connectivity index (χ4n) is 1.52. The van der Waals surface area contributed by atoms with Crippen molar-refractivity contribution in [2.75, 3.05) is 18.5 Å². The molecule has 0 spiro atoms. The highest BCUT2D eigenvalue weighted by Crippen LogP contribution is 2.25. The molecule has 7 heteroatoms. The summed E-state index contributed by atoms with van der Waals surface area (Å²) in [7, 11) is 0. The van der Waals surface area contributed by atoms with E-state index in [1.807, 2.05) is 0 Å². The van der Waals surface area contributed by atoms with Gasteiger partial charge in [-0.3, -0.25) is 4.79 Å². The molecule has 6 nitrogen and oxygen atoms in total. The van der Waals surface area contributed by atoms with Crippen LogP contribution in [0.1, 0.15) is 10.4 Å². The van der Waals surface area contributed by atoms with Crippen molar-refractivity contribution >= 4 is 29.2 Å². The van der Waals surface area contributed by atoms with Gasteiger partial charge in [-0.2, -0.15) is 0 Å². The highest BCUT2D eigenvalue weighted by atomic mass is 35.5. The van der Waals surface area contributed by atoms with Crippen molar-refractivity contribution in [3.05, 3.63) is 40.8 Å². The van der Waals surface area contributed by atoms with Crippen LogP contribution in [0.4, 0.5) is 5.69 Å². The molecule has 1 heterocycles. The molecule has 1 amide bonds. The summed E-state index contributed by atoms with van der Waals surface area (Å²) < 4.78 is 10.0. The largest absolute Gasteiger partial charge is 0.494 e. The smallest absolute Gasteiger partial charge is 0.339 e. The van der Waals surface area contributed by atoms with Crippen LogP contribution in [0.2, 0.25) is 5.02 Å². The predicted octanol–water partition coefficient (Wildman–Crippen LogP) is 1.86. The molecule has 0 saturated heterocycles. The van der Waals surface area contributed by atoms with Crippen LogP contribution in [0.15, 0.2) is 30.2 Å². The summed E-state index contributed by atoms with van der Waals surface area (Å²) in [5.41, 5.74) is -0.0742. The minimum absolute atomic E-state index is 0.0115. The average molecular weight is 284 g/mol. The van der Waals surface area contributed by atoms with E-state index in [4.69, 9.17) is 26.2 Å². The summed E-state index contributed by atoms with van der Waals surface area (Å²) in [6.45, 7) is 0.634. The van der Waals surface area contributed by atoms with E-state index in [2.05, 4.69) is 5.32 Å². The second kappa shape index (κ2) is 5.62. The molecule has 1 aromatic carbocycles. The van der Waals surface area contributed by atoms with E-state index >= 15 is 0 Å². The topological polar surface area (TPSA) is 84.9 Å². The van der Waals surface area contributed by atoms with Gasteiger partial charge in [0.05, 0.1) is 10.7 Å². The zero-order valence-corrected chi connectivity index (χ0v) is 10.4. The molecule has 0 aliphatic carbocycles. The quantitative estimate of drug-likeness (QED) is 0.884. The fraction of sp³-hybridized carbons (Fsp3) is 0.167. The number of ether oxygens (including phenoxy) is 2. The Morgan fingerprint density at radius 3 is 2.74 bits per heavy atom. The third kappa shape index (κ3) is 2.97. The molecule has 0 atom stereocenters. The van der Waals surface area contributed by atoms with E-state index in [1.165, 1.54) is 24.5 Å². The molecule has 0 bridgehead atoms. The van der Waals surface area contributed by atoms with Crippen LogP contribution >= 0.6 is 11.6 Å². The van der Waals surface area contributed by atoms with Crippen LogP contribution < -0.4 is 5.32 Å². The Bertz CT molecular complexity index is 555. The summed E-state index contributed by atoms with van der Waals surface area (Å²) in [5, 5.41) is 11.5. The Morgan fingerprint density at radius 2 is 2.11 bits per heavy atom. The lowest BCUT2D eigenvalue weighted by atomic mass is 10.1. The molecule has 2 rings (SSSR count). The first-order valence-electron chi connectivity index (χ1n) is 5.37. The SMILES string of the molecule is O=C(Nc1cccc(Cl)c1C(=O)O)C1=COCCO1. The van der Waals surface area contributed by atoms with Crippen molar-refractivity contribution in [3.63, 3.8) is 0 Å². The second-order valence-electron chi connectivity index (χ2n) is 3.62. The summed E-state index contributed by atoms with van der Waals surface area (Å²) in [6, 6.07) is 4.41. The number of hydrogen-bond donors (Lipinski definition) is 2. The summed E-state index contributed by atoms with van der Waals surface area (Å²) >= 11 is 5.79. The van der Waals surface area contributed by atoms with Crippen molar-refractivity contribution in [1.82, 2.24) is 0 Å². The van der Waals surface area contributed by atoms with Crippen LogP contribution in [-0.4, -0.2) is 30.2 Å². The van der Waals surface area contributed by atoms with Gasteiger partial charge in [-0.05, 0) is 12.1 Å². The molecule has 0 saturated carbocycles. The van der Waals surface area contributed by atoms with Crippen molar-refractivity contribution in [3.8, 4) is 0 Å². The number of carboxylic acids is 1. The minimum atomic E-state index is -1.23. The second-order valence-corrected chi connectivity index (χ2v) is 4.03. The Balaban J connectivity index is 2.24. The van der Waals surface area contributed by atoms with Gasteiger partial charge >= 0.3 is 5.97 Å². The molecular formula is C12H10ClNO5. The van der Waals surface area contributed by atoms with E-state index < -0.39 is 11.9 Å². The first-order valence-corrected chi connectivity index (χ1v) is 5.75. The van der Waals surface area contributed by atoms with Crippen LogP contribution in [-0.2, 0) is 14.3 Å². The van der Waals surface area contributed by atoms with Crippen molar-refractivity contribution in [2.24, 2.45) is 0 Å². The number of carboxylic acid groups (broad SMARTS) is 1. The predicted molar refractivity (Wildman–Crippen MR) is 67.0 cm³/mol. The van der Waals surface area contributed by atoms with Gasteiger partial charge in [0.1, 0.15) is 25.0 Å². The van der Waals surface area contributed by atoms with E-state index in [1.54, 1.807) is 0 Å². The van der Waals surface area contributed by atoms with E-state index in [9.17, 15) is 9.59 Å². The van der Waals surface area contributed by atoms with Gasteiger partial charge in [0, 0.05) is 0 Å². The maximum Gasteiger partial charge on any atom is 0.339 e. The first kappa shape index (κ1) is 13.2.